The minimum Gasteiger partial charge on any atom is -0.493 e. The van der Waals surface area contributed by atoms with Gasteiger partial charge in [0, 0.05) is 31.6 Å². The Labute approximate surface area is 131 Å². The van der Waals surface area contributed by atoms with Gasteiger partial charge in [-0.05, 0) is 12.5 Å². The fourth-order valence-corrected chi connectivity index (χ4v) is 2.92. The first kappa shape index (κ1) is 14.9. The molecule has 22 heavy (non-hydrogen) atoms. The van der Waals surface area contributed by atoms with Crippen molar-refractivity contribution < 1.29 is 4.74 Å². The van der Waals surface area contributed by atoms with E-state index in [-0.39, 0.29) is 6.04 Å². The molecule has 0 radical (unpaired) electrons. The Kier molecular flexibility index (Phi) is 4.96. The number of hydrogen-bond donors (Lipinski definition) is 2. The zero-order valence-corrected chi connectivity index (χ0v) is 12.9. The molecule has 2 heterocycles. The largest absolute Gasteiger partial charge is 0.493 e. The molecule has 0 amide bonds. The van der Waals surface area contributed by atoms with Gasteiger partial charge in [-0.1, -0.05) is 30.4 Å². The van der Waals surface area contributed by atoms with E-state index in [2.05, 4.69) is 33.4 Å². The zero-order valence-electron chi connectivity index (χ0n) is 12.9. The van der Waals surface area contributed by atoms with Crippen molar-refractivity contribution in [3.8, 4) is 5.75 Å². The second kappa shape index (κ2) is 7.31. The molecule has 5 heteroatoms. The number of aliphatic imine (C=N–C) groups is 1. The maximum atomic E-state index is 6.04. The van der Waals surface area contributed by atoms with Crippen LogP contribution in [0, 0.1) is 0 Å². The number of hydrogen-bond acceptors (Lipinski definition) is 3. The highest BCUT2D eigenvalue weighted by Gasteiger charge is 2.21. The lowest BCUT2D eigenvalue weighted by Crippen LogP contribution is -2.38. The normalized spacial score (nSPS) is 22.0. The van der Waals surface area contributed by atoms with E-state index in [4.69, 9.17) is 10.5 Å². The van der Waals surface area contributed by atoms with E-state index in [9.17, 15) is 0 Å². The van der Waals surface area contributed by atoms with Crippen molar-refractivity contribution in [2.75, 3.05) is 32.8 Å². The lowest BCUT2D eigenvalue weighted by molar-refractivity contribution is 0.262. The molecule has 118 valence electrons. The first-order chi connectivity index (χ1) is 10.8. The van der Waals surface area contributed by atoms with Gasteiger partial charge in [-0.15, -0.1) is 0 Å². The molecule has 3 rings (SSSR count). The molecule has 5 nitrogen and oxygen atoms in total. The Balaban J connectivity index is 1.52. The molecule has 2 aliphatic rings. The minimum absolute atomic E-state index is 0.187. The highest BCUT2D eigenvalue weighted by molar-refractivity contribution is 5.78. The zero-order chi connectivity index (χ0) is 15.2. The maximum absolute atomic E-state index is 6.04. The van der Waals surface area contributed by atoms with E-state index in [1.165, 1.54) is 0 Å². The van der Waals surface area contributed by atoms with Gasteiger partial charge in [0.1, 0.15) is 5.75 Å². The van der Waals surface area contributed by atoms with E-state index < -0.39 is 0 Å². The predicted molar refractivity (Wildman–Crippen MR) is 89.1 cm³/mol. The van der Waals surface area contributed by atoms with Crippen molar-refractivity contribution in [3.63, 3.8) is 0 Å². The lowest BCUT2D eigenvalue weighted by Gasteiger charge is -2.27. The van der Waals surface area contributed by atoms with Crippen LogP contribution in [0.25, 0.3) is 0 Å². The molecule has 1 unspecified atom stereocenters. The van der Waals surface area contributed by atoms with Gasteiger partial charge >= 0.3 is 0 Å². The number of fused-ring (bicyclic) bond motifs is 1. The van der Waals surface area contributed by atoms with Crippen LogP contribution >= 0.6 is 0 Å². The van der Waals surface area contributed by atoms with E-state index in [1.807, 2.05) is 18.2 Å². The van der Waals surface area contributed by atoms with Crippen LogP contribution in [0.5, 0.6) is 5.75 Å². The first-order valence-electron chi connectivity index (χ1n) is 7.98. The Morgan fingerprint density at radius 3 is 3.14 bits per heavy atom. The van der Waals surface area contributed by atoms with Crippen LogP contribution in [0.4, 0.5) is 0 Å². The van der Waals surface area contributed by atoms with Gasteiger partial charge in [0.05, 0.1) is 19.2 Å². The summed E-state index contributed by atoms with van der Waals surface area (Å²) in [4.78, 5) is 6.85. The molecule has 1 aromatic rings. The monoisotopic (exact) mass is 300 g/mol. The van der Waals surface area contributed by atoms with Crippen LogP contribution in [-0.4, -0.2) is 43.6 Å². The van der Waals surface area contributed by atoms with Crippen LogP contribution in [0.2, 0.25) is 0 Å². The third-order valence-corrected chi connectivity index (χ3v) is 4.12. The molecule has 0 saturated carbocycles. The summed E-state index contributed by atoms with van der Waals surface area (Å²) in [6.45, 7) is 4.54. The average Bonchev–Trinajstić information content (AvgIpc) is 2.56. The summed E-state index contributed by atoms with van der Waals surface area (Å²) in [7, 11) is 0. The van der Waals surface area contributed by atoms with Crippen molar-refractivity contribution in [2.45, 2.75) is 18.9 Å². The molecule has 1 atom stereocenters. The fraction of sp³-hybridized carbons (Fsp3) is 0.471. The van der Waals surface area contributed by atoms with Crippen molar-refractivity contribution in [3.05, 3.63) is 42.0 Å². The van der Waals surface area contributed by atoms with Gasteiger partial charge in [0.2, 0.25) is 0 Å². The second-order valence-corrected chi connectivity index (χ2v) is 5.70. The number of nitrogens with one attached hydrogen (secondary N) is 1. The molecule has 2 aliphatic heterocycles. The Morgan fingerprint density at radius 2 is 2.27 bits per heavy atom. The summed E-state index contributed by atoms with van der Waals surface area (Å²) >= 11 is 0. The number of nitrogens with two attached hydrogens (primary N) is 1. The summed E-state index contributed by atoms with van der Waals surface area (Å²) in [5.74, 6) is 1.47. The van der Waals surface area contributed by atoms with Gasteiger partial charge in [-0.25, -0.2) is 0 Å². The molecular weight excluding hydrogens is 276 g/mol. The SMILES string of the molecule is NC(=NCCN1CC=CCC1)NC1CCOc2ccccc21. The molecular formula is C17H24N4O. The average molecular weight is 300 g/mol. The topological polar surface area (TPSA) is 62.9 Å². The van der Waals surface area contributed by atoms with Crippen LogP contribution in [0.15, 0.2) is 41.4 Å². The van der Waals surface area contributed by atoms with Crippen molar-refractivity contribution in [1.82, 2.24) is 10.2 Å². The smallest absolute Gasteiger partial charge is 0.189 e. The molecule has 3 N–H and O–H groups in total. The van der Waals surface area contributed by atoms with Gasteiger partial charge in [-0.2, -0.15) is 0 Å². The quantitative estimate of drug-likeness (QED) is 0.504. The van der Waals surface area contributed by atoms with E-state index in [0.29, 0.717) is 12.6 Å². The number of rotatable bonds is 4. The lowest BCUT2D eigenvalue weighted by atomic mass is 10.0. The van der Waals surface area contributed by atoms with E-state index >= 15 is 0 Å². The summed E-state index contributed by atoms with van der Waals surface area (Å²) in [5, 5.41) is 3.33. The number of para-hydroxylation sites is 1. The Morgan fingerprint density at radius 1 is 1.36 bits per heavy atom. The van der Waals surface area contributed by atoms with Gasteiger partial charge in [0.25, 0.3) is 0 Å². The Bertz CT molecular complexity index is 555. The highest BCUT2D eigenvalue weighted by atomic mass is 16.5. The molecule has 0 fully saturated rings. The molecule has 0 saturated heterocycles. The highest BCUT2D eigenvalue weighted by Crippen LogP contribution is 2.31. The minimum atomic E-state index is 0.187. The molecule has 0 bridgehead atoms. The first-order valence-corrected chi connectivity index (χ1v) is 7.98. The van der Waals surface area contributed by atoms with Crippen molar-refractivity contribution >= 4 is 5.96 Å². The molecule has 0 aromatic heterocycles. The second-order valence-electron chi connectivity index (χ2n) is 5.70. The molecule has 0 spiro atoms. The summed E-state index contributed by atoms with van der Waals surface area (Å²) < 4.78 is 5.66. The molecule has 1 aromatic carbocycles. The number of benzene rings is 1. The predicted octanol–water partition coefficient (Wildman–Crippen LogP) is 1.68. The van der Waals surface area contributed by atoms with Crippen LogP contribution < -0.4 is 15.8 Å². The summed E-state index contributed by atoms with van der Waals surface area (Å²) in [5.41, 5.74) is 7.20. The number of guanidine groups is 1. The number of nitrogens with zero attached hydrogens (tertiary/aromatic N) is 2. The van der Waals surface area contributed by atoms with Gasteiger partial charge in [-0.3, -0.25) is 9.89 Å². The summed E-state index contributed by atoms with van der Waals surface area (Å²) in [6, 6.07) is 8.29. The van der Waals surface area contributed by atoms with Crippen LogP contribution in [-0.2, 0) is 0 Å². The van der Waals surface area contributed by atoms with Crippen molar-refractivity contribution in [2.24, 2.45) is 10.7 Å². The van der Waals surface area contributed by atoms with Crippen molar-refractivity contribution in [1.29, 1.82) is 0 Å². The number of ether oxygens (including phenoxy) is 1. The Hall–Kier alpha value is -2.01. The maximum Gasteiger partial charge on any atom is 0.189 e. The van der Waals surface area contributed by atoms with Crippen LogP contribution in [0.3, 0.4) is 0 Å². The third kappa shape index (κ3) is 3.80. The standard InChI is InChI=1S/C17H24N4O/c18-17(19-9-12-21-10-4-1-5-11-21)20-15-8-13-22-16-7-3-2-6-14(15)16/h1-4,6-7,15H,5,8-13H2,(H3,18,19,20). The van der Waals surface area contributed by atoms with E-state index in [1.54, 1.807) is 0 Å². The van der Waals surface area contributed by atoms with Gasteiger partial charge < -0.3 is 15.8 Å². The van der Waals surface area contributed by atoms with E-state index in [0.717, 1.165) is 50.3 Å². The molecule has 0 aliphatic carbocycles. The fourth-order valence-electron chi connectivity index (χ4n) is 2.92. The third-order valence-electron chi connectivity index (χ3n) is 4.12. The van der Waals surface area contributed by atoms with Crippen LogP contribution in [0.1, 0.15) is 24.4 Å². The summed E-state index contributed by atoms with van der Waals surface area (Å²) in [6.07, 6.45) is 6.49. The van der Waals surface area contributed by atoms with Gasteiger partial charge in [0.15, 0.2) is 5.96 Å².